The summed E-state index contributed by atoms with van der Waals surface area (Å²) in [5.41, 5.74) is 3.70. The number of nitrogens with one attached hydrogen (secondary N) is 2. The highest BCUT2D eigenvalue weighted by atomic mass is 35.5. The van der Waals surface area contributed by atoms with E-state index in [0.717, 1.165) is 16.8 Å². The maximum atomic E-state index is 13.7. The van der Waals surface area contributed by atoms with Crippen LogP contribution in [0.25, 0.3) is 0 Å². The topological polar surface area (TPSA) is 115 Å². The molecular formula is C29H41ClN4O5. The fourth-order valence-corrected chi connectivity index (χ4v) is 4.77. The van der Waals surface area contributed by atoms with Gasteiger partial charge in [-0.25, -0.2) is 0 Å². The fourth-order valence-electron chi connectivity index (χ4n) is 4.77. The molecule has 0 fully saturated rings. The Kier molecular flexibility index (Phi) is 10.8. The van der Waals surface area contributed by atoms with Crippen LogP contribution in [0.2, 0.25) is 0 Å². The number of hydrogen-bond acceptors (Lipinski definition) is 7. The van der Waals surface area contributed by atoms with Crippen LogP contribution in [0.3, 0.4) is 0 Å². The number of fused-ring (bicyclic) bond motifs is 1. The lowest BCUT2D eigenvalue weighted by Crippen LogP contribution is -2.31. The smallest absolute Gasteiger partial charge is 0.254 e. The average molecular weight is 561 g/mol. The van der Waals surface area contributed by atoms with Crippen molar-refractivity contribution in [2.75, 3.05) is 51.9 Å². The Morgan fingerprint density at radius 2 is 1.87 bits per heavy atom. The number of rotatable bonds is 11. The van der Waals surface area contributed by atoms with Gasteiger partial charge in [0.05, 0.1) is 38.1 Å². The van der Waals surface area contributed by atoms with E-state index in [2.05, 4.69) is 26.1 Å². The summed E-state index contributed by atoms with van der Waals surface area (Å²) in [6, 6.07) is 7.16. The maximum Gasteiger partial charge on any atom is 0.254 e. The molecule has 9 nitrogen and oxygen atoms in total. The summed E-state index contributed by atoms with van der Waals surface area (Å²) in [7, 11) is 3.17. The molecule has 2 aromatic rings. The van der Waals surface area contributed by atoms with Crippen LogP contribution in [0, 0.1) is 5.41 Å². The van der Waals surface area contributed by atoms with Gasteiger partial charge in [-0.3, -0.25) is 15.0 Å². The van der Waals surface area contributed by atoms with E-state index >= 15 is 0 Å². The quantitative estimate of drug-likeness (QED) is 0.356. The molecule has 1 aliphatic heterocycles. The van der Waals surface area contributed by atoms with Crippen LogP contribution in [-0.4, -0.2) is 74.5 Å². The van der Waals surface area contributed by atoms with Crippen molar-refractivity contribution in [1.82, 2.24) is 10.2 Å². The Bertz CT molecular complexity index is 1230. The van der Waals surface area contributed by atoms with Gasteiger partial charge in [-0.05, 0) is 49.1 Å². The molecule has 0 saturated heterocycles. The lowest BCUT2D eigenvalue weighted by atomic mass is 9.84. The number of likely N-dealkylation sites (N-methyl/N-ethyl adjacent to an activating group) is 1. The van der Waals surface area contributed by atoms with Gasteiger partial charge in [-0.2, -0.15) is 0 Å². The summed E-state index contributed by atoms with van der Waals surface area (Å²) in [4.78, 5) is 29.8. The molecule has 1 heterocycles. The predicted octanol–water partition coefficient (Wildman–Crippen LogP) is 4.02. The van der Waals surface area contributed by atoms with Crippen molar-refractivity contribution in [3.63, 3.8) is 0 Å². The molecule has 3 rings (SSSR count). The second kappa shape index (κ2) is 13.2. The van der Waals surface area contributed by atoms with Crippen LogP contribution in [0.4, 0.5) is 5.69 Å². The minimum atomic E-state index is -0.294. The average Bonchev–Trinajstić information content (AvgIpc) is 3.18. The molecular weight excluding hydrogens is 520 g/mol. The number of aliphatic hydroxyl groups excluding tert-OH is 1. The number of methoxy groups -OCH3 is 1. The van der Waals surface area contributed by atoms with Gasteiger partial charge >= 0.3 is 0 Å². The molecule has 1 amide bonds. The zero-order chi connectivity index (χ0) is 28.2. The Morgan fingerprint density at radius 1 is 1.18 bits per heavy atom. The number of anilines is 1. The van der Waals surface area contributed by atoms with Gasteiger partial charge in [0.1, 0.15) is 17.3 Å². The summed E-state index contributed by atoms with van der Waals surface area (Å²) >= 11 is 0. The first-order chi connectivity index (χ1) is 18.0. The van der Waals surface area contributed by atoms with Crippen LogP contribution in [0.5, 0.6) is 11.5 Å². The molecule has 1 aliphatic rings. The van der Waals surface area contributed by atoms with Crippen molar-refractivity contribution in [3.05, 3.63) is 52.1 Å². The van der Waals surface area contributed by atoms with Gasteiger partial charge in [0.15, 0.2) is 5.78 Å². The molecule has 0 saturated carbocycles. The van der Waals surface area contributed by atoms with E-state index in [1.54, 1.807) is 31.2 Å². The fraction of sp³-hybridized carbons (Fsp3) is 0.483. The SMILES string of the molecule is CCOc1cc2c(cc1C(=O)NC)C(=N)N(CC(=O)c1cc(N(CC)CCO)c(OC)c(C(C)(C)C)c1)C2.Cl. The summed E-state index contributed by atoms with van der Waals surface area (Å²) in [6.07, 6.45) is 0. The minimum absolute atomic E-state index is 0. The first-order valence-electron chi connectivity index (χ1n) is 13.0. The molecule has 0 aliphatic carbocycles. The Labute approximate surface area is 237 Å². The van der Waals surface area contributed by atoms with E-state index in [1.807, 2.05) is 30.9 Å². The first kappa shape index (κ1) is 31.9. The highest BCUT2D eigenvalue weighted by Gasteiger charge is 2.31. The van der Waals surface area contributed by atoms with Gasteiger partial charge in [-0.15, -0.1) is 12.4 Å². The zero-order valence-corrected chi connectivity index (χ0v) is 24.8. The minimum Gasteiger partial charge on any atom is -0.494 e. The van der Waals surface area contributed by atoms with Gasteiger partial charge in [0, 0.05) is 43.4 Å². The molecule has 3 N–H and O–H groups in total. The number of carbonyl (C=O) groups excluding carboxylic acids is 2. The van der Waals surface area contributed by atoms with E-state index in [9.17, 15) is 14.7 Å². The van der Waals surface area contributed by atoms with Crippen molar-refractivity contribution in [2.45, 2.75) is 46.6 Å². The molecule has 0 unspecified atom stereocenters. The third-order valence-corrected chi connectivity index (χ3v) is 6.74. The Balaban J connectivity index is 0.00000533. The predicted molar refractivity (Wildman–Crippen MR) is 156 cm³/mol. The largest absolute Gasteiger partial charge is 0.494 e. The summed E-state index contributed by atoms with van der Waals surface area (Å²) < 4.78 is 11.5. The van der Waals surface area contributed by atoms with Crippen molar-refractivity contribution < 1.29 is 24.2 Å². The van der Waals surface area contributed by atoms with Gasteiger partial charge < -0.3 is 29.7 Å². The second-order valence-electron chi connectivity index (χ2n) is 10.3. The molecule has 39 heavy (non-hydrogen) atoms. The van der Waals surface area contributed by atoms with E-state index in [-0.39, 0.29) is 48.5 Å². The highest BCUT2D eigenvalue weighted by Crippen LogP contribution is 2.40. The zero-order valence-electron chi connectivity index (χ0n) is 23.9. The van der Waals surface area contributed by atoms with Gasteiger partial charge in [-0.1, -0.05) is 20.8 Å². The molecule has 0 aromatic heterocycles. The van der Waals surface area contributed by atoms with Crippen molar-refractivity contribution in [3.8, 4) is 11.5 Å². The van der Waals surface area contributed by atoms with Crippen LogP contribution in [0.15, 0.2) is 24.3 Å². The lowest BCUT2D eigenvalue weighted by molar-refractivity contribution is 0.0953. The molecule has 0 radical (unpaired) electrons. The number of benzene rings is 2. The monoisotopic (exact) mass is 560 g/mol. The number of amides is 1. The number of ketones is 1. The van der Waals surface area contributed by atoms with E-state index in [0.29, 0.717) is 54.4 Å². The molecule has 0 atom stereocenters. The number of aliphatic hydroxyl groups is 1. The first-order valence-corrected chi connectivity index (χ1v) is 13.0. The highest BCUT2D eigenvalue weighted by molar-refractivity contribution is 6.08. The number of ether oxygens (including phenoxy) is 2. The summed E-state index contributed by atoms with van der Waals surface area (Å²) in [5, 5.41) is 21.0. The summed E-state index contributed by atoms with van der Waals surface area (Å²) in [6.45, 7) is 11.9. The molecule has 10 heteroatoms. The lowest BCUT2D eigenvalue weighted by Gasteiger charge is -2.30. The molecule has 0 bridgehead atoms. The van der Waals surface area contributed by atoms with Crippen LogP contribution >= 0.6 is 12.4 Å². The third kappa shape index (κ3) is 6.65. The standard InChI is InChI=1S/C29H40N4O5.ClH/c1-8-32(10-11-34)23-13-18(12-22(26(23)37-7)29(3,4)5)24(35)17-33-16-19-14-25(38-9-2)21(28(36)31-6)15-20(19)27(33)30;/h12-15,30,34H,8-11,16-17H2,1-7H3,(H,31,36);1H. The van der Waals surface area contributed by atoms with Crippen LogP contribution in [-0.2, 0) is 12.0 Å². The molecule has 0 spiro atoms. The number of nitrogens with zero attached hydrogens (tertiary/aromatic N) is 2. The van der Waals surface area contributed by atoms with E-state index in [1.165, 1.54) is 0 Å². The molecule has 214 valence electrons. The van der Waals surface area contributed by atoms with Crippen molar-refractivity contribution >= 4 is 35.6 Å². The van der Waals surface area contributed by atoms with Gasteiger partial charge in [0.2, 0.25) is 0 Å². The van der Waals surface area contributed by atoms with Crippen molar-refractivity contribution in [2.24, 2.45) is 0 Å². The Hall–Kier alpha value is -3.30. The van der Waals surface area contributed by atoms with Crippen molar-refractivity contribution in [1.29, 1.82) is 5.41 Å². The Morgan fingerprint density at radius 3 is 2.41 bits per heavy atom. The van der Waals surface area contributed by atoms with Crippen LogP contribution < -0.4 is 19.7 Å². The normalized spacial score (nSPS) is 12.5. The number of halogens is 1. The second-order valence-corrected chi connectivity index (χ2v) is 10.3. The van der Waals surface area contributed by atoms with E-state index < -0.39 is 0 Å². The van der Waals surface area contributed by atoms with E-state index in [4.69, 9.17) is 14.9 Å². The number of amidine groups is 1. The third-order valence-electron chi connectivity index (χ3n) is 6.74. The van der Waals surface area contributed by atoms with Gasteiger partial charge in [0.25, 0.3) is 5.91 Å². The van der Waals surface area contributed by atoms with Crippen LogP contribution in [0.1, 0.15) is 72.0 Å². The summed E-state index contributed by atoms with van der Waals surface area (Å²) in [5.74, 6) is 0.929. The molecule has 2 aromatic carbocycles. The maximum absolute atomic E-state index is 13.7. The number of Topliss-reactive ketones (excluding diaryl/α,β-unsaturated/α-hetero) is 1. The number of hydrogen-bond donors (Lipinski definition) is 3. The number of carbonyl (C=O) groups is 2.